The van der Waals surface area contributed by atoms with E-state index in [-0.39, 0.29) is 11.7 Å². The molecule has 1 atom stereocenters. The van der Waals surface area contributed by atoms with Crippen LogP contribution in [0.25, 0.3) is 0 Å². The first-order valence-corrected chi connectivity index (χ1v) is 9.74. The molecule has 0 radical (unpaired) electrons. The number of amides is 1. The lowest BCUT2D eigenvalue weighted by Crippen LogP contribution is -2.38. The maximum absolute atomic E-state index is 13.2. The molecule has 0 aromatic heterocycles. The molecule has 4 nitrogen and oxygen atoms in total. The van der Waals surface area contributed by atoms with Crippen molar-refractivity contribution in [1.29, 1.82) is 0 Å². The zero-order valence-corrected chi connectivity index (χ0v) is 16.5. The summed E-state index contributed by atoms with van der Waals surface area (Å²) < 4.78 is 0.897. The maximum atomic E-state index is 13.2. The zero-order valence-electron chi connectivity index (χ0n) is 15.0. The number of halogens is 1. The van der Waals surface area contributed by atoms with Gasteiger partial charge in [-0.3, -0.25) is 9.59 Å². The second-order valence-corrected chi connectivity index (χ2v) is 7.44. The summed E-state index contributed by atoms with van der Waals surface area (Å²) in [5, 5.41) is 5.89. The second-order valence-electron chi connectivity index (χ2n) is 6.52. The summed E-state index contributed by atoms with van der Waals surface area (Å²) >= 11 is 3.39. The molecule has 1 aliphatic rings. The summed E-state index contributed by atoms with van der Waals surface area (Å²) in [6, 6.07) is 25.1. The zero-order chi connectivity index (χ0) is 19.5. The summed E-state index contributed by atoms with van der Waals surface area (Å²) in [7, 11) is 0. The van der Waals surface area contributed by atoms with E-state index in [1.54, 1.807) is 36.4 Å². The lowest BCUT2D eigenvalue weighted by atomic mass is 9.97. The summed E-state index contributed by atoms with van der Waals surface area (Å²) in [5.74, 6) is -0.395. The molecule has 4 rings (SSSR count). The molecular formula is C23H17BrN2O2. The van der Waals surface area contributed by atoms with Crippen LogP contribution in [-0.4, -0.2) is 28.5 Å². The van der Waals surface area contributed by atoms with E-state index in [0.29, 0.717) is 17.5 Å². The Kier molecular flexibility index (Phi) is 5.17. The van der Waals surface area contributed by atoms with E-state index >= 15 is 0 Å². The fourth-order valence-electron chi connectivity index (χ4n) is 3.23. The van der Waals surface area contributed by atoms with Crippen molar-refractivity contribution in [2.75, 3.05) is 0 Å². The number of hydrazone groups is 1. The van der Waals surface area contributed by atoms with Crippen LogP contribution in [0.15, 0.2) is 94.5 Å². The Morgan fingerprint density at radius 3 is 2.07 bits per heavy atom. The highest BCUT2D eigenvalue weighted by Crippen LogP contribution is 2.26. The smallest absolute Gasteiger partial charge is 0.274 e. The van der Waals surface area contributed by atoms with Crippen molar-refractivity contribution < 1.29 is 9.59 Å². The predicted octanol–water partition coefficient (Wildman–Crippen LogP) is 4.95. The van der Waals surface area contributed by atoms with Crippen molar-refractivity contribution in [3.8, 4) is 0 Å². The largest absolute Gasteiger partial charge is 0.292 e. The van der Waals surface area contributed by atoms with Crippen LogP contribution in [0.1, 0.15) is 32.7 Å². The second kappa shape index (κ2) is 7.90. The van der Waals surface area contributed by atoms with Gasteiger partial charge in [-0.2, -0.15) is 5.10 Å². The summed E-state index contributed by atoms with van der Waals surface area (Å²) in [6.45, 7) is 0. The van der Waals surface area contributed by atoms with E-state index in [4.69, 9.17) is 0 Å². The number of hydrogen-bond donors (Lipinski definition) is 0. The molecule has 1 aliphatic heterocycles. The Morgan fingerprint density at radius 2 is 1.43 bits per heavy atom. The van der Waals surface area contributed by atoms with Gasteiger partial charge >= 0.3 is 0 Å². The Labute approximate surface area is 171 Å². The van der Waals surface area contributed by atoms with Gasteiger partial charge in [0, 0.05) is 22.0 Å². The molecule has 0 bridgehead atoms. The lowest BCUT2D eigenvalue weighted by molar-refractivity contribution is 0.0646. The number of nitrogens with zero attached hydrogens (tertiary/aromatic N) is 2. The molecule has 0 fully saturated rings. The van der Waals surface area contributed by atoms with Crippen LogP contribution in [0, 0.1) is 0 Å². The normalized spacial score (nSPS) is 16.0. The highest BCUT2D eigenvalue weighted by Gasteiger charge is 2.37. The van der Waals surface area contributed by atoms with Crippen LogP contribution in [0.3, 0.4) is 0 Å². The van der Waals surface area contributed by atoms with E-state index < -0.39 is 6.04 Å². The fourth-order valence-corrected chi connectivity index (χ4v) is 3.49. The number of carbonyl (C=O) groups is 2. The molecule has 0 saturated heterocycles. The van der Waals surface area contributed by atoms with Gasteiger partial charge in [-0.1, -0.05) is 76.6 Å². The standard InChI is InChI=1S/C23H17BrN2O2/c24-19-13-11-17(12-14-19)22(27)21-15-20(16-7-3-1-4-8-16)25-26(21)23(28)18-9-5-2-6-10-18/h1-14,21H,15H2/t21-/m0/s1. The van der Waals surface area contributed by atoms with E-state index in [1.807, 2.05) is 48.5 Å². The minimum atomic E-state index is -0.663. The topological polar surface area (TPSA) is 49.7 Å². The van der Waals surface area contributed by atoms with Gasteiger partial charge in [-0.25, -0.2) is 5.01 Å². The van der Waals surface area contributed by atoms with Crippen LogP contribution in [0.4, 0.5) is 0 Å². The molecule has 0 saturated carbocycles. The van der Waals surface area contributed by atoms with Gasteiger partial charge in [0.15, 0.2) is 5.78 Å². The monoisotopic (exact) mass is 432 g/mol. The SMILES string of the molecule is O=C(c1ccc(Br)cc1)[C@@H]1CC(c2ccccc2)=NN1C(=O)c1ccccc1. The molecule has 1 heterocycles. The van der Waals surface area contributed by atoms with Crippen LogP contribution in [-0.2, 0) is 0 Å². The summed E-state index contributed by atoms with van der Waals surface area (Å²) in [6.07, 6.45) is 0.386. The van der Waals surface area contributed by atoms with E-state index in [2.05, 4.69) is 21.0 Å². The Morgan fingerprint density at radius 1 is 0.821 bits per heavy atom. The van der Waals surface area contributed by atoms with Crippen LogP contribution in [0.2, 0.25) is 0 Å². The van der Waals surface area contributed by atoms with Gasteiger partial charge in [-0.05, 0) is 29.8 Å². The van der Waals surface area contributed by atoms with Crippen LogP contribution >= 0.6 is 15.9 Å². The average molecular weight is 433 g/mol. The third-order valence-corrected chi connectivity index (χ3v) is 5.21. The highest BCUT2D eigenvalue weighted by molar-refractivity contribution is 9.10. The average Bonchev–Trinajstić information content (AvgIpc) is 3.20. The van der Waals surface area contributed by atoms with Gasteiger partial charge in [0.05, 0.1) is 5.71 Å². The number of ketones is 1. The van der Waals surface area contributed by atoms with Crippen LogP contribution < -0.4 is 0 Å². The Hall–Kier alpha value is -3.05. The molecule has 0 N–H and O–H groups in total. The highest BCUT2D eigenvalue weighted by atomic mass is 79.9. The molecule has 28 heavy (non-hydrogen) atoms. The van der Waals surface area contributed by atoms with Crippen molar-refractivity contribution in [2.24, 2.45) is 5.10 Å². The molecule has 5 heteroatoms. The fraction of sp³-hybridized carbons (Fsp3) is 0.0870. The van der Waals surface area contributed by atoms with E-state index in [1.165, 1.54) is 5.01 Å². The number of benzene rings is 3. The first-order valence-electron chi connectivity index (χ1n) is 8.95. The van der Waals surface area contributed by atoms with E-state index in [0.717, 1.165) is 15.7 Å². The number of rotatable bonds is 4. The quantitative estimate of drug-likeness (QED) is 0.547. The van der Waals surface area contributed by atoms with Gasteiger partial charge in [0.1, 0.15) is 6.04 Å². The Bertz CT molecular complexity index is 1030. The molecule has 3 aromatic carbocycles. The molecule has 0 spiro atoms. The predicted molar refractivity (Wildman–Crippen MR) is 112 cm³/mol. The van der Waals surface area contributed by atoms with Gasteiger partial charge in [-0.15, -0.1) is 0 Å². The molecule has 3 aromatic rings. The lowest BCUT2D eigenvalue weighted by Gasteiger charge is -2.20. The van der Waals surface area contributed by atoms with Crippen molar-refractivity contribution in [1.82, 2.24) is 5.01 Å². The first kappa shape index (κ1) is 18.3. The van der Waals surface area contributed by atoms with Gasteiger partial charge in [0.25, 0.3) is 5.91 Å². The minimum Gasteiger partial charge on any atom is -0.292 e. The molecular weight excluding hydrogens is 416 g/mol. The molecule has 0 unspecified atom stereocenters. The first-order chi connectivity index (χ1) is 13.6. The number of hydrogen-bond acceptors (Lipinski definition) is 3. The third kappa shape index (κ3) is 3.66. The third-order valence-electron chi connectivity index (χ3n) is 4.68. The van der Waals surface area contributed by atoms with Crippen molar-refractivity contribution in [3.63, 3.8) is 0 Å². The minimum absolute atomic E-state index is 0.119. The Balaban J connectivity index is 1.70. The molecule has 138 valence electrons. The number of carbonyl (C=O) groups excluding carboxylic acids is 2. The van der Waals surface area contributed by atoms with Gasteiger partial charge in [0.2, 0.25) is 0 Å². The maximum Gasteiger partial charge on any atom is 0.274 e. The van der Waals surface area contributed by atoms with E-state index in [9.17, 15) is 9.59 Å². The summed E-state index contributed by atoms with van der Waals surface area (Å²) in [4.78, 5) is 26.3. The van der Waals surface area contributed by atoms with Gasteiger partial charge < -0.3 is 0 Å². The number of Topliss-reactive ketones (excluding diaryl/α,β-unsaturated/α-hetero) is 1. The van der Waals surface area contributed by atoms with Crippen molar-refractivity contribution in [2.45, 2.75) is 12.5 Å². The van der Waals surface area contributed by atoms with Crippen molar-refractivity contribution >= 4 is 33.3 Å². The molecule has 0 aliphatic carbocycles. The summed E-state index contributed by atoms with van der Waals surface area (Å²) in [5.41, 5.74) is 2.72. The van der Waals surface area contributed by atoms with Crippen LogP contribution in [0.5, 0.6) is 0 Å². The van der Waals surface area contributed by atoms with Crippen molar-refractivity contribution in [3.05, 3.63) is 106 Å². The molecule has 1 amide bonds.